The van der Waals surface area contributed by atoms with Crippen molar-refractivity contribution in [2.45, 2.75) is 25.3 Å². The summed E-state index contributed by atoms with van der Waals surface area (Å²) in [5.41, 5.74) is 5.26. The molecule has 0 bridgehead atoms. The second kappa shape index (κ2) is 11.2. The normalized spacial score (nSPS) is 16.4. The number of unbranched alkanes of at least 4 members (excludes halogenated alkanes) is 1. The predicted octanol–water partition coefficient (Wildman–Crippen LogP) is 0.0683. The fourth-order valence-corrected chi connectivity index (χ4v) is 1.97. The number of carboxylic acids is 1. The second-order valence-electron chi connectivity index (χ2n) is 3.52. The Kier molecular flexibility index (Phi) is 11.0. The summed E-state index contributed by atoms with van der Waals surface area (Å²) in [6, 6.07) is -0.415. The molecular weight excluding hydrogens is 226 g/mol. The van der Waals surface area contributed by atoms with Gasteiger partial charge in [0.25, 0.3) is 0 Å². The molecular formula is C10H23N3O2S. The molecule has 0 aromatic heterocycles. The highest BCUT2D eigenvalue weighted by molar-refractivity contribution is 7.99. The SMILES string of the molecule is C1CSCN1.CNC(CCCCN)C(=O)O. The number of hydrogen-bond donors (Lipinski definition) is 4. The maximum Gasteiger partial charge on any atom is 0.320 e. The van der Waals surface area contributed by atoms with E-state index in [1.165, 1.54) is 18.2 Å². The topological polar surface area (TPSA) is 87.4 Å². The molecule has 1 heterocycles. The van der Waals surface area contributed by atoms with Crippen molar-refractivity contribution >= 4 is 17.7 Å². The average molecular weight is 249 g/mol. The minimum atomic E-state index is -0.787. The smallest absolute Gasteiger partial charge is 0.320 e. The molecule has 0 radical (unpaired) electrons. The maximum absolute atomic E-state index is 10.4. The number of carboxylic acid groups (broad SMARTS) is 1. The van der Waals surface area contributed by atoms with E-state index in [2.05, 4.69) is 10.6 Å². The van der Waals surface area contributed by atoms with Gasteiger partial charge in [-0.2, -0.15) is 0 Å². The number of carbonyl (C=O) groups is 1. The lowest BCUT2D eigenvalue weighted by molar-refractivity contribution is -0.139. The Morgan fingerprint density at radius 2 is 2.38 bits per heavy atom. The minimum Gasteiger partial charge on any atom is -0.480 e. The van der Waals surface area contributed by atoms with E-state index in [0.717, 1.165) is 12.8 Å². The van der Waals surface area contributed by atoms with Crippen LogP contribution in [0.4, 0.5) is 0 Å². The molecule has 5 N–H and O–H groups in total. The Labute approximate surface area is 102 Å². The van der Waals surface area contributed by atoms with E-state index in [9.17, 15) is 4.79 Å². The number of likely N-dealkylation sites (N-methyl/N-ethyl adjacent to an activating group) is 1. The van der Waals surface area contributed by atoms with Crippen molar-refractivity contribution in [3.05, 3.63) is 0 Å². The van der Waals surface area contributed by atoms with Crippen molar-refractivity contribution in [3.63, 3.8) is 0 Å². The monoisotopic (exact) mass is 249 g/mol. The van der Waals surface area contributed by atoms with Crippen LogP contribution < -0.4 is 16.4 Å². The zero-order valence-electron chi connectivity index (χ0n) is 9.87. The van der Waals surface area contributed by atoms with Gasteiger partial charge in [0.2, 0.25) is 0 Å². The summed E-state index contributed by atoms with van der Waals surface area (Å²) < 4.78 is 0. The van der Waals surface area contributed by atoms with Crippen LogP contribution in [0.2, 0.25) is 0 Å². The van der Waals surface area contributed by atoms with Gasteiger partial charge in [-0.3, -0.25) is 4.79 Å². The van der Waals surface area contributed by atoms with E-state index in [1.54, 1.807) is 7.05 Å². The molecule has 1 saturated heterocycles. The largest absolute Gasteiger partial charge is 0.480 e. The molecule has 5 nitrogen and oxygen atoms in total. The Morgan fingerprint density at radius 1 is 1.62 bits per heavy atom. The summed E-state index contributed by atoms with van der Waals surface area (Å²) in [5.74, 6) is 1.68. The average Bonchev–Trinajstić information content (AvgIpc) is 2.82. The van der Waals surface area contributed by atoms with Gasteiger partial charge in [-0.15, -0.1) is 11.8 Å². The van der Waals surface area contributed by atoms with Gasteiger partial charge in [-0.25, -0.2) is 0 Å². The number of aliphatic carboxylic acids is 1. The van der Waals surface area contributed by atoms with Crippen LogP contribution in [0, 0.1) is 0 Å². The summed E-state index contributed by atoms with van der Waals surface area (Å²) in [5, 5.41) is 14.5. The van der Waals surface area contributed by atoms with Crippen LogP contribution >= 0.6 is 11.8 Å². The lowest BCUT2D eigenvalue weighted by Gasteiger charge is -2.09. The van der Waals surface area contributed by atoms with Gasteiger partial charge >= 0.3 is 5.97 Å². The molecule has 1 aliphatic heterocycles. The molecule has 1 aliphatic rings. The zero-order chi connectivity index (χ0) is 12.2. The van der Waals surface area contributed by atoms with Gasteiger partial charge in [-0.05, 0) is 26.4 Å². The molecule has 96 valence electrons. The summed E-state index contributed by atoms with van der Waals surface area (Å²) in [7, 11) is 1.65. The third-order valence-electron chi connectivity index (χ3n) is 2.22. The molecule has 0 aliphatic carbocycles. The zero-order valence-corrected chi connectivity index (χ0v) is 10.7. The second-order valence-corrected chi connectivity index (χ2v) is 4.62. The van der Waals surface area contributed by atoms with E-state index >= 15 is 0 Å². The van der Waals surface area contributed by atoms with E-state index in [4.69, 9.17) is 10.8 Å². The molecule has 1 fully saturated rings. The Balaban J connectivity index is 0.000000368. The highest BCUT2D eigenvalue weighted by Gasteiger charge is 2.12. The lowest BCUT2D eigenvalue weighted by Crippen LogP contribution is -2.33. The molecule has 0 amide bonds. The highest BCUT2D eigenvalue weighted by atomic mass is 32.2. The van der Waals surface area contributed by atoms with Crippen molar-refractivity contribution in [2.24, 2.45) is 5.73 Å². The molecule has 0 aromatic rings. The van der Waals surface area contributed by atoms with E-state index in [-0.39, 0.29) is 0 Å². The molecule has 1 unspecified atom stereocenters. The van der Waals surface area contributed by atoms with Gasteiger partial charge in [0, 0.05) is 18.2 Å². The van der Waals surface area contributed by atoms with Crippen LogP contribution in [0.25, 0.3) is 0 Å². The van der Waals surface area contributed by atoms with Gasteiger partial charge in [0.1, 0.15) is 6.04 Å². The maximum atomic E-state index is 10.4. The van der Waals surface area contributed by atoms with Crippen LogP contribution in [0.1, 0.15) is 19.3 Å². The van der Waals surface area contributed by atoms with E-state index in [1.807, 2.05) is 11.8 Å². The number of nitrogens with two attached hydrogens (primary N) is 1. The first-order valence-corrected chi connectivity index (χ1v) is 6.76. The summed E-state index contributed by atoms with van der Waals surface area (Å²) >= 11 is 1.96. The van der Waals surface area contributed by atoms with Crippen LogP contribution in [0.3, 0.4) is 0 Å². The summed E-state index contributed by atoms with van der Waals surface area (Å²) in [4.78, 5) is 10.4. The van der Waals surface area contributed by atoms with E-state index < -0.39 is 12.0 Å². The Morgan fingerprint density at radius 3 is 2.69 bits per heavy atom. The quantitative estimate of drug-likeness (QED) is 0.498. The fourth-order valence-electron chi connectivity index (χ4n) is 1.24. The molecule has 0 spiro atoms. The molecule has 0 saturated carbocycles. The fraction of sp³-hybridized carbons (Fsp3) is 0.900. The standard InChI is InChI=1S/C7H16N2O2.C3H7NS/c1-9-6(7(10)11)4-2-3-5-8;1-2-5-3-4-1/h6,9H,2-5,8H2,1H3,(H,10,11);4H,1-3H2. The lowest BCUT2D eigenvalue weighted by atomic mass is 10.1. The van der Waals surface area contributed by atoms with Gasteiger partial charge in [-0.1, -0.05) is 6.42 Å². The van der Waals surface area contributed by atoms with Crippen molar-refractivity contribution in [3.8, 4) is 0 Å². The third kappa shape index (κ3) is 8.96. The molecule has 1 atom stereocenters. The van der Waals surface area contributed by atoms with Crippen LogP contribution in [0.15, 0.2) is 0 Å². The first-order valence-electron chi connectivity index (χ1n) is 5.61. The van der Waals surface area contributed by atoms with Crippen molar-refractivity contribution in [1.82, 2.24) is 10.6 Å². The van der Waals surface area contributed by atoms with Crippen molar-refractivity contribution in [2.75, 3.05) is 31.8 Å². The van der Waals surface area contributed by atoms with Crippen molar-refractivity contribution < 1.29 is 9.90 Å². The molecule has 0 aromatic carbocycles. The summed E-state index contributed by atoms with van der Waals surface area (Å²) in [6.45, 7) is 1.85. The van der Waals surface area contributed by atoms with Crippen molar-refractivity contribution in [1.29, 1.82) is 0 Å². The Bertz CT molecular complexity index is 170. The highest BCUT2D eigenvalue weighted by Crippen LogP contribution is 2.00. The predicted molar refractivity (Wildman–Crippen MR) is 68.7 cm³/mol. The third-order valence-corrected chi connectivity index (χ3v) is 3.12. The first-order chi connectivity index (χ1) is 7.72. The number of hydrogen-bond acceptors (Lipinski definition) is 5. The van der Waals surface area contributed by atoms with Gasteiger partial charge in [0.05, 0.1) is 0 Å². The van der Waals surface area contributed by atoms with Gasteiger partial charge in [0.15, 0.2) is 0 Å². The van der Waals surface area contributed by atoms with E-state index in [0.29, 0.717) is 13.0 Å². The molecule has 6 heteroatoms. The number of nitrogens with one attached hydrogen (secondary N) is 2. The first kappa shape index (κ1) is 15.7. The van der Waals surface area contributed by atoms with Gasteiger partial charge < -0.3 is 21.5 Å². The Hall–Kier alpha value is -0.300. The van der Waals surface area contributed by atoms with Crippen LogP contribution in [-0.4, -0.2) is 48.9 Å². The molecule has 16 heavy (non-hydrogen) atoms. The van der Waals surface area contributed by atoms with Crippen LogP contribution in [0.5, 0.6) is 0 Å². The van der Waals surface area contributed by atoms with Crippen LogP contribution in [-0.2, 0) is 4.79 Å². The number of thioether (sulfide) groups is 1. The number of rotatable bonds is 6. The summed E-state index contributed by atoms with van der Waals surface area (Å²) in [6.07, 6.45) is 2.42. The minimum absolute atomic E-state index is 0.415. The molecule has 1 rings (SSSR count).